The van der Waals surface area contributed by atoms with Crippen LogP contribution < -0.4 is 5.73 Å². The standard InChI is InChI=1S/C9H14F4N2O2/c1-5(14)6-4-15(2-3-17-6)8(16)9(12,13)7(10)11/h5-7H,2-4,14H2,1H3. The highest BCUT2D eigenvalue weighted by molar-refractivity contribution is 5.84. The summed E-state index contributed by atoms with van der Waals surface area (Å²) in [7, 11) is 0. The summed E-state index contributed by atoms with van der Waals surface area (Å²) in [5.41, 5.74) is 5.50. The maximum absolute atomic E-state index is 12.8. The van der Waals surface area contributed by atoms with E-state index in [1.165, 1.54) is 0 Å². The molecule has 0 saturated carbocycles. The molecule has 1 aliphatic rings. The molecule has 100 valence electrons. The largest absolute Gasteiger partial charge is 0.383 e. The van der Waals surface area contributed by atoms with Gasteiger partial charge in [-0.15, -0.1) is 0 Å². The van der Waals surface area contributed by atoms with Gasteiger partial charge in [0.05, 0.1) is 12.7 Å². The Morgan fingerprint density at radius 1 is 1.53 bits per heavy atom. The van der Waals surface area contributed by atoms with E-state index in [0.29, 0.717) is 4.90 Å². The molecule has 1 rings (SSSR count). The van der Waals surface area contributed by atoms with Gasteiger partial charge in [0, 0.05) is 19.1 Å². The number of rotatable bonds is 3. The Hall–Kier alpha value is -0.890. The molecule has 2 atom stereocenters. The molecule has 0 bridgehead atoms. The van der Waals surface area contributed by atoms with E-state index in [-0.39, 0.29) is 19.7 Å². The molecule has 0 spiro atoms. The van der Waals surface area contributed by atoms with E-state index >= 15 is 0 Å². The molecule has 1 saturated heterocycles. The van der Waals surface area contributed by atoms with Crippen LogP contribution in [0.1, 0.15) is 6.92 Å². The van der Waals surface area contributed by atoms with E-state index in [4.69, 9.17) is 10.5 Å². The van der Waals surface area contributed by atoms with Crippen LogP contribution in [-0.4, -0.2) is 55.0 Å². The van der Waals surface area contributed by atoms with E-state index in [9.17, 15) is 22.4 Å². The van der Waals surface area contributed by atoms with Gasteiger partial charge >= 0.3 is 12.3 Å². The van der Waals surface area contributed by atoms with Gasteiger partial charge in [-0.2, -0.15) is 8.78 Å². The van der Waals surface area contributed by atoms with E-state index < -0.39 is 30.4 Å². The van der Waals surface area contributed by atoms with Crippen molar-refractivity contribution in [2.75, 3.05) is 19.7 Å². The summed E-state index contributed by atoms with van der Waals surface area (Å²) in [6.45, 7) is 1.27. The first-order valence-corrected chi connectivity index (χ1v) is 5.09. The van der Waals surface area contributed by atoms with Crippen LogP contribution in [0.25, 0.3) is 0 Å². The van der Waals surface area contributed by atoms with E-state index in [1.807, 2.05) is 0 Å². The van der Waals surface area contributed by atoms with Crippen LogP contribution in [0.5, 0.6) is 0 Å². The number of alkyl halides is 4. The summed E-state index contributed by atoms with van der Waals surface area (Å²) in [6, 6.07) is -0.467. The van der Waals surface area contributed by atoms with E-state index in [1.54, 1.807) is 6.92 Å². The summed E-state index contributed by atoms with van der Waals surface area (Å²) in [6.07, 6.45) is -4.62. The van der Waals surface area contributed by atoms with Crippen molar-refractivity contribution in [3.8, 4) is 0 Å². The number of ether oxygens (including phenoxy) is 1. The summed E-state index contributed by atoms with van der Waals surface area (Å²) >= 11 is 0. The highest BCUT2D eigenvalue weighted by Crippen LogP contribution is 2.26. The first-order chi connectivity index (χ1) is 7.76. The minimum absolute atomic E-state index is 0.0112. The molecule has 1 amide bonds. The van der Waals surface area contributed by atoms with Crippen molar-refractivity contribution in [1.29, 1.82) is 0 Å². The van der Waals surface area contributed by atoms with Crippen molar-refractivity contribution < 1.29 is 27.1 Å². The zero-order valence-electron chi connectivity index (χ0n) is 9.21. The van der Waals surface area contributed by atoms with Crippen molar-refractivity contribution >= 4 is 5.91 Å². The van der Waals surface area contributed by atoms with Gasteiger partial charge in [0.2, 0.25) is 0 Å². The lowest BCUT2D eigenvalue weighted by atomic mass is 10.1. The molecule has 2 N–H and O–H groups in total. The summed E-state index contributed by atoms with van der Waals surface area (Å²) in [4.78, 5) is 11.9. The van der Waals surface area contributed by atoms with Gasteiger partial charge in [0.15, 0.2) is 0 Å². The second-order valence-corrected chi connectivity index (χ2v) is 3.94. The number of halogens is 4. The van der Waals surface area contributed by atoms with Crippen molar-refractivity contribution in [2.45, 2.75) is 31.4 Å². The number of hydrogen-bond donors (Lipinski definition) is 1. The van der Waals surface area contributed by atoms with Crippen LogP contribution in [0.2, 0.25) is 0 Å². The predicted molar refractivity (Wildman–Crippen MR) is 50.9 cm³/mol. The SMILES string of the molecule is CC(N)C1CN(C(=O)C(F)(F)C(F)F)CCO1. The molecule has 0 radical (unpaired) electrons. The third-order valence-electron chi connectivity index (χ3n) is 2.53. The average Bonchev–Trinajstić information content (AvgIpc) is 2.27. The molecule has 0 aromatic heterocycles. The van der Waals surface area contributed by atoms with Crippen LogP contribution in [0.15, 0.2) is 0 Å². The number of hydrogen-bond acceptors (Lipinski definition) is 3. The fraction of sp³-hybridized carbons (Fsp3) is 0.889. The monoisotopic (exact) mass is 258 g/mol. The second-order valence-electron chi connectivity index (χ2n) is 3.94. The Kier molecular flexibility index (Phi) is 4.31. The molecule has 1 aliphatic heterocycles. The molecule has 0 aliphatic carbocycles. The first kappa shape index (κ1) is 14.2. The topological polar surface area (TPSA) is 55.6 Å². The molecule has 1 heterocycles. The average molecular weight is 258 g/mol. The highest BCUT2D eigenvalue weighted by atomic mass is 19.3. The predicted octanol–water partition coefficient (Wildman–Crippen LogP) is 0.461. The molecule has 2 unspecified atom stereocenters. The van der Waals surface area contributed by atoms with Crippen molar-refractivity contribution in [3.05, 3.63) is 0 Å². The maximum atomic E-state index is 12.8. The Morgan fingerprint density at radius 3 is 2.59 bits per heavy atom. The quantitative estimate of drug-likeness (QED) is 0.748. The molecule has 1 fully saturated rings. The van der Waals surface area contributed by atoms with Gasteiger partial charge in [-0.05, 0) is 6.92 Å². The van der Waals surface area contributed by atoms with Gasteiger partial charge in [0.25, 0.3) is 5.91 Å². The Balaban J connectivity index is 2.70. The van der Waals surface area contributed by atoms with Crippen LogP contribution >= 0.6 is 0 Å². The number of amides is 1. The zero-order chi connectivity index (χ0) is 13.2. The third-order valence-corrected chi connectivity index (χ3v) is 2.53. The Morgan fingerprint density at radius 2 is 2.12 bits per heavy atom. The van der Waals surface area contributed by atoms with E-state index in [0.717, 1.165) is 0 Å². The van der Waals surface area contributed by atoms with Crippen molar-refractivity contribution in [3.63, 3.8) is 0 Å². The number of nitrogens with zero attached hydrogens (tertiary/aromatic N) is 1. The minimum Gasteiger partial charge on any atom is -0.373 e. The minimum atomic E-state index is -4.65. The lowest BCUT2D eigenvalue weighted by Crippen LogP contribution is -2.56. The lowest BCUT2D eigenvalue weighted by molar-refractivity contribution is -0.186. The molecular formula is C9H14F4N2O2. The molecule has 17 heavy (non-hydrogen) atoms. The van der Waals surface area contributed by atoms with Crippen molar-refractivity contribution in [2.24, 2.45) is 5.73 Å². The molecule has 4 nitrogen and oxygen atoms in total. The Labute approximate surface area is 95.7 Å². The van der Waals surface area contributed by atoms with Crippen molar-refractivity contribution in [1.82, 2.24) is 4.90 Å². The van der Waals surface area contributed by atoms with Gasteiger partial charge < -0.3 is 15.4 Å². The van der Waals surface area contributed by atoms with Gasteiger partial charge in [-0.3, -0.25) is 4.79 Å². The number of carbonyl (C=O) groups is 1. The van der Waals surface area contributed by atoms with Crippen LogP contribution in [0.3, 0.4) is 0 Å². The number of nitrogens with two attached hydrogens (primary N) is 1. The molecule has 8 heteroatoms. The first-order valence-electron chi connectivity index (χ1n) is 5.09. The Bertz CT molecular complexity index is 286. The number of carbonyl (C=O) groups excluding carboxylic acids is 1. The fourth-order valence-corrected chi connectivity index (χ4v) is 1.48. The fourth-order valence-electron chi connectivity index (χ4n) is 1.48. The van der Waals surface area contributed by atoms with Crippen LogP contribution in [0.4, 0.5) is 17.6 Å². The zero-order valence-corrected chi connectivity index (χ0v) is 9.21. The lowest BCUT2D eigenvalue weighted by Gasteiger charge is -2.36. The van der Waals surface area contributed by atoms with Gasteiger partial charge in [-0.1, -0.05) is 0 Å². The second kappa shape index (κ2) is 5.18. The van der Waals surface area contributed by atoms with E-state index in [2.05, 4.69) is 0 Å². The highest BCUT2D eigenvalue weighted by Gasteiger charge is 2.51. The van der Waals surface area contributed by atoms with Crippen LogP contribution in [0, 0.1) is 0 Å². The van der Waals surface area contributed by atoms with Gasteiger partial charge in [0.1, 0.15) is 0 Å². The molecular weight excluding hydrogens is 244 g/mol. The maximum Gasteiger partial charge on any atom is 0.383 e. The van der Waals surface area contributed by atoms with Crippen LogP contribution in [-0.2, 0) is 9.53 Å². The summed E-state index contributed by atoms with van der Waals surface area (Å²) < 4.78 is 54.9. The molecule has 0 aromatic carbocycles. The summed E-state index contributed by atoms with van der Waals surface area (Å²) in [5, 5.41) is 0. The number of morpholine rings is 1. The normalized spacial score (nSPS) is 23.9. The molecule has 0 aromatic rings. The van der Waals surface area contributed by atoms with Gasteiger partial charge in [-0.25, -0.2) is 8.78 Å². The third kappa shape index (κ3) is 3.06. The smallest absolute Gasteiger partial charge is 0.373 e. The summed E-state index contributed by atoms with van der Waals surface area (Å²) in [5.74, 6) is -6.53.